The first-order valence-corrected chi connectivity index (χ1v) is 5.49. The van der Waals surface area contributed by atoms with Crippen LogP contribution in [-0.4, -0.2) is 46.8 Å². The molecule has 0 bridgehead atoms. The summed E-state index contributed by atoms with van der Waals surface area (Å²) in [5, 5.41) is 20.9. The van der Waals surface area contributed by atoms with Crippen LogP contribution in [0.25, 0.3) is 0 Å². The summed E-state index contributed by atoms with van der Waals surface area (Å²) in [6.45, 7) is 1.70. The molecule has 0 saturated carbocycles. The first-order valence-electron chi connectivity index (χ1n) is 5.49. The van der Waals surface area contributed by atoms with Gasteiger partial charge in [0.25, 0.3) is 0 Å². The van der Waals surface area contributed by atoms with Crippen LogP contribution in [0.2, 0.25) is 0 Å². The summed E-state index contributed by atoms with van der Waals surface area (Å²) in [5.74, 6) is 1.25. The number of anilines is 1. The van der Waals surface area contributed by atoms with Gasteiger partial charge in [-0.15, -0.1) is 0 Å². The standard InChI is InChI=1S/C11H16N2O4/c1-7-11(17-7)13-10-4-9(2-3-12-10)16-6-8(15)5-14/h2-4,7-8,11,14-15H,5-6H2,1H3,(H,12,13)/t7?,8-,11?/m1/s1. The molecule has 17 heavy (non-hydrogen) atoms. The highest BCUT2D eigenvalue weighted by atomic mass is 16.6. The van der Waals surface area contributed by atoms with Gasteiger partial charge in [-0.05, 0) is 13.0 Å². The van der Waals surface area contributed by atoms with Gasteiger partial charge < -0.3 is 25.0 Å². The molecule has 1 aliphatic rings. The number of rotatable bonds is 6. The van der Waals surface area contributed by atoms with Crippen molar-refractivity contribution in [2.24, 2.45) is 0 Å². The second-order valence-electron chi connectivity index (χ2n) is 3.93. The Kier molecular flexibility index (Phi) is 3.78. The van der Waals surface area contributed by atoms with Crippen LogP contribution in [0.1, 0.15) is 6.92 Å². The predicted molar refractivity (Wildman–Crippen MR) is 60.8 cm³/mol. The number of epoxide rings is 1. The van der Waals surface area contributed by atoms with Crippen molar-refractivity contribution in [3.8, 4) is 5.75 Å². The van der Waals surface area contributed by atoms with E-state index in [0.29, 0.717) is 11.6 Å². The van der Waals surface area contributed by atoms with E-state index in [1.807, 2.05) is 6.92 Å². The van der Waals surface area contributed by atoms with Crippen molar-refractivity contribution in [2.75, 3.05) is 18.5 Å². The second-order valence-corrected chi connectivity index (χ2v) is 3.93. The Morgan fingerprint density at radius 2 is 2.41 bits per heavy atom. The number of pyridine rings is 1. The van der Waals surface area contributed by atoms with Crippen molar-refractivity contribution >= 4 is 5.82 Å². The zero-order valence-corrected chi connectivity index (χ0v) is 9.54. The summed E-state index contributed by atoms with van der Waals surface area (Å²) in [4.78, 5) is 4.12. The van der Waals surface area contributed by atoms with Crippen LogP contribution in [0.3, 0.4) is 0 Å². The molecule has 2 rings (SSSR count). The SMILES string of the molecule is CC1OC1Nc1cc(OC[C@H](O)CO)ccn1. The van der Waals surface area contributed by atoms with Gasteiger partial charge >= 0.3 is 0 Å². The highest BCUT2D eigenvalue weighted by Crippen LogP contribution is 2.24. The third-order valence-electron chi connectivity index (χ3n) is 2.39. The largest absolute Gasteiger partial charge is 0.491 e. The van der Waals surface area contributed by atoms with Gasteiger partial charge in [0, 0.05) is 12.3 Å². The zero-order chi connectivity index (χ0) is 12.3. The molecule has 1 aromatic heterocycles. The monoisotopic (exact) mass is 240 g/mol. The van der Waals surface area contributed by atoms with E-state index in [0.717, 1.165) is 0 Å². The van der Waals surface area contributed by atoms with E-state index in [2.05, 4.69) is 10.3 Å². The summed E-state index contributed by atoms with van der Waals surface area (Å²) in [6, 6.07) is 3.41. The maximum atomic E-state index is 9.15. The van der Waals surface area contributed by atoms with E-state index in [4.69, 9.17) is 19.7 Å². The number of ether oxygens (including phenoxy) is 2. The molecule has 0 aliphatic carbocycles. The number of aromatic nitrogens is 1. The molecule has 3 atom stereocenters. The lowest BCUT2D eigenvalue weighted by Crippen LogP contribution is -2.21. The van der Waals surface area contributed by atoms with E-state index in [1.54, 1.807) is 18.3 Å². The van der Waals surface area contributed by atoms with Gasteiger partial charge in [0.15, 0.2) is 6.23 Å². The number of hydrogen-bond donors (Lipinski definition) is 3. The van der Waals surface area contributed by atoms with Crippen LogP contribution >= 0.6 is 0 Å². The second kappa shape index (κ2) is 5.31. The van der Waals surface area contributed by atoms with Crippen LogP contribution in [0.15, 0.2) is 18.3 Å². The maximum Gasteiger partial charge on any atom is 0.155 e. The van der Waals surface area contributed by atoms with Gasteiger partial charge in [-0.1, -0.05) is 0 Å². The zero-order valence-electron chi connectivity index (χ0n) is 9.54. The third-order valence-corrected chi connectivity index (χ3v) is 2.39. The van der Waals surface area contributed by atoms with Crippen molar-refractivity contribution in [3.05, 3.63) is 18.3 Å². The molecule has 2 unspecified atom stereocenters. The minimum Gasteiger partial charge on any atom is -0.491 e. The first-order chi connectivity index (χ1) is 8.19. The molecule has 0 spiro atoms. The van der Waals surface area contributed by atoms with Gasteiger partial charge in [-0.25, -0.2) is 4.98 Å². The normalized spacial score (nSPS) is 24.2. The van der Waals surface area contributed by atoms with Crippen molar-refractivity contribution in [1.29, 1.82) is 0 Å². The van der Waals surface area contributed by atoms with Gasteiger partial charge in [0.05, 0.1) is 6.61 Å². The van der Waals surface area contributed by atoms with Crippen molar-refractivity contribution < 1.29 is 19.7 Å². The molecule has 94 valence electrons. The molecule has 0 radical (unpaired) electrons. The van der Waals surface area contributed by atoms with Crippen LogP contribution in [-0.2, 0) is 4.74 Å². The lowest BCUT2D eigenvalue weighted by Gasteiger charge is -2.10. The topological polar surface area (TPSA) is 87.1 Å². The van der Waals surface area contributed by atoms with Crippen molar-refractivity contribution in [2.45, 2.75) is 25.4 Å². The smallest absolute Gasteiger partial charge is 0.155 e. The summed E-state index contributed by atoms with van der Waals surface area (Å²) < 4.78 is 10.5. The molecule has 1 aliphatic heterocycles. The minimum atomic E-state index is -0.869. The van der Waals surface area contributed by atoms with E-state index in [9.17, 15) is 0 Å². The molecule has 6 nitrogen and oxygen atoms in total. The number of nitrogens with one attached hydrogen (secondary N) is 1. The number of aliphatic hydroxyl groups is 2. The fourth-order valence-corrected chi connectivity index (χ4v) is 1.31. The van der Waals surface area contributed by atoms with Crippen LogP contribution in [0.4, 0.5) is 5.82 Å². The predicted octanol–water partition coefficient (Wildman–Crippen LogP) is -0.0297. The lowest BCUT2D eigenvalue weighted by molar-refractivity contribution is 0.0536. The first kappa shape index (κ1) is 12.1. The van der Waals surface area contributed by atoms with Crippen molar-refractivity contribution in [1.82, 2.24) is 4.98 Å². The average molecular weight is 240 g/mol. The lowest BCUT2D eigenvalue weighted by atomic mass is 10.4. The molecule has 1 fully saturated rings. The van der Waals surface area contributed by atoms with Crippen molar-refractivity contribution in [3.63, 3.8) is 0 Å². The molecule has 0 aromatic carbocycles. The molecular weight excluding hydrogens is 224 g/mol. The third kappa shape index (κ3) is 3.55. The Labute approximate surface area is 99.2 Å². The minimum absolute atomic E-state index is 0.0146. The van der Waals surface area contributed by atoms with Gasteiger partial charge in [-0.2, -0.15) is 0 Å². The Morgan fingerprint density at radius 1 is 1.65 bits per heavy atom. The quantitative estimate of drug-likeness (QED) is 0.605. The number of aliphatic hydroxyl groups excluding tert-OH is 2. The number of nitrogens with zero attached hydrogens (tertiary/aromatic N) is 1. The van der Waals surface area contributed by atoms with E-state index >= 15 is 0 Å². The highest BCUT2D eigenvalue weighted by Gasteiger charge is 2.34. The van der Waals surface area contributed by atoms with Crippen LogP contribution < -0.4 is 10.1 Å². The van der Waals surface area contributed by atoms with E-state index < -0.39 is 6.10 Å². The summed E-state index contributed by atoms with van der Waals surface area (Å²) >= 11 is 0. The molecule has 0 amide bonds. The maximum absolute atomic E-state index is 9.15. The fraction of sp³-hybridized carbons (Fsp3) is 0.545. The Balaban J connectivity index is 1.87. The van der Waals surface area contributed by atoms with Crippen LogP contribution in [0, 0.1) is 0 Å². The Hall–Kier alpha value is -1.37. The summed E-state index contributed by atoms with van der Waals surface area (Å²) in [5.41, 5.74) is 0. The van der Waals surface area contributed by atoms with Gasteiger partial charge in [0.2, 0.25) is 0 Å². The molecular formula is C11H16N2O4. The molecule has 6 heteroatoms. The molecule has 3 N–H and O–H groups in total. The fourth-order valence-electron chi connectivity index (χ4n) is 1.31. The Bertz CT molecular complexity index is 374. The van der Waals surface area contributed by atoms with Gasteiger partial charge in [-0.3, -0.25) is 0 Å². The van der Waals surface area contributed by atoms with E-state index in [-0.39, 0.29) is 25.5 Å². The molecule has 1 saturated heterocycles. The van der Waals surface area contributed by atoms with Gasteiger partial charge in [0.1, 0.15) is 30.4 Å². The number of hydrogen-bond acceptors (Lipinski definition) is 6. The Morgan fingerprint density at radius 3 is 3.06 bits per heavy atom. The van der Waals surface area contributed by atoms with Crippen LogP contribution in [0.5, 0.6) is 5.75 Å². The molecule has 2 heterocycles. The van der Waals surface area contributed by atoms with E-state index in [1.165, 1.54) is 0 Å². The summed E-state index contributed by atoms with van der Waals surface area (Å²) in [7, 11) is 0. The summed E-state index contributed by atoms with van der Waals surface area (Å²) in [6.07, 6.45) is 0.959. The highest BCUT2D eigenvalue weighted by molar-refractivity contribution is 5.41. The average Bonchev–Trinajstić information content (AvgIpc) is 3.02. The molecule has 1 aromatic rings.